The van der Waals surface area contributed by atoms with Gasteiger partial charge in [0.1, 0.15) is 5.15 Å². The third kappa shape index (κ3) is 2.55. The molecule has 0 fully saturated rings. The fourth-order valence-electron chi connectivity index (χ4n) is 0.722. The Morgan fingerprint density at radius 2 is 2.31 bits per heavy atom. The molecule has 1 amide bonds. The molecule has 0 saturated carbocycles. The van der Waals surface area contributed by atoms with Crippen LogP contribution in [-0.2, 0) is 4.84 Å². The molecule has 0 atom stereocenters. The molecule has 1 N–H and O–H groups in total. The fraction of sp³-hybridized carbons (Fsp3) is 0.143. The van der Waals surface area contributed by atoms with E-state index in [2.05, 4.69) is 15.3 Å². The molecule has 0 aliphatic rings. The molecule has 4 nitrogen and oxygen atoms in total. The van der Waals surface area contributed by atoms with Crippen molar-refractivity contribution in [2.45, 2.75) is 0 Å². The molecule has 0 radical (unpaired) electrons. The Morgan fingerprint density at radius 3 is 2.85 bits per heavy atom. The van der Waals surface area contributed by atoms with Crippen LogP contribution in [0, 0.1) is 0 Å². The number of nitrogens with one attached hydrogen (secondary N) is 1. The van der Waals surface area contributed by atoms with Gasteiger partial charge < -0.3 is 0 Å². The first-order chi connectivity index (χ1) is 6.15. The average molecular weight is 221 g/mol. The molecule has 70 valence electrons. The zero-order valence-electron chi connectivity index (χ0n) is 6.67. The first kappa shape index (κ1) is 10.2. The van der Waals surface area contributed by atoms with E-state index in [0.717, 1.165) is 0 Å². The third-order valence-electron chi connectivity index (χ3n) is 1.26. The second-order valence-electron chi connectivity index (χ2n) is 2.12. The van der Waals surface area contributed by atoms with Gasteiger partial charge in [-0.25, -0.2) is 10.5 Å². The number of carbonyl (C=O) groups excluding carboxylic acids is 1. The van der Waals surface area contributed by atoms with Crippen molar-refractivity contribution in [3.63, 3.8) is 0 Å². The van der Waals surface area contributed by atoms with Crippen molar-refractivity contribution in [3.05, 3.63) is 28.0 Å². The topological polar surface area (TPSA) is 51.2 Å². The van der Waals surface area contributed by atoms with Gasteiger partial charge in [0.15, 0.2) is 0 Å². The highest BCUT2D eigenvalue weighted by atomic mass is 35.5. The Hall–Kier alpha value is -0.840. The Kier molecular flexibility index (Phi) is 3.48. The van der Waals surface area contributed by atoms with E-state index in [9.17, 15) is 4.79 Å². The van der Waals surface area contributed by atoms with Crippen molar-refractivity contribution in [1.82, 2.24) is 10.5 Å². The summed E-state index contributed by atoms with van der Waals surface area (Å²) in [6.45, 7) is 0. The van der Waals surface area contributed by atoms with Gasteiger partial charge >= 0.3 is 0 Å². The average Bonchev–Trinajstić information content (AvgIpc) is 2.04. The highest BCUT2D eigenvalue weighted by molar-refractivity contribution is 6.36. The van der Waals surface area contributed by atoms with Crippen molar-refractivity contribution >= 4 is 29.1 Å². The second-order valence-corrected chi connectivity index (χ2v) is 2.92. The lowest BCUT2D eigenvalue weighted by Crippen LogP contribution is -2.22. The quantitative estimate of drug-likeness (QED) is 0.610. The molecule has 0 saturated heterocycles. The van der Waals surface area contributed by atoms with Crippen LogP contribution in [0.2, 0.25) is 10.2 Å². The molecule has 0 aromatic carbocycles. The first-order valence-electron chi connectivity index (χ1n) is 3.29. The Bertz CT molecular complexity index is 330. The summed E-state index contributed by atoms with van der Waals surface area (Å²) in [5.74, 6) is -0.461. The van der Waals surface area contributed by atoms with Gasteiger partial charge in [0.25, 0.3) is 5.91 Å². The summed E-state index contributed by atoms with van der Waals surface area (Å²) in [6, 6.07) is 1.38. The van der Waals surface area contributed by atoms with E-state index in [1.54, 1.807) is 0 Å². The Labute approximate surface area is 84.8 Å². The number of aromatic nitrogens is 1. The number of nitrogens with zero attached hydrogens (tertiary/aromatic N) is 1. The van der Waals surface area contributed by atoms with Gasteiger partial charge in [0.05, 0.1) is 17.7 Å². The minimum Gasteiger partial charge on any atom is -0.277 e. The predicted octanol–water partition coefficient (Wildman–Crippen LogP) is 1.68. The van der Waals surface area contributed by atoms with Crippen LogP contribution in [0.5, 0.6) is 0 Å². The SMILES string of the molecule is CONC(=O)c1cnc(Cl)cc1Cl. The largest absolute Gasteiger partial charge is 0.277 e. The smallest absolute Gasteiger partial charge is 0.277 e. The van der Waals surface area contributed by atoms with Crippen LogP contribution in [0.15, 0.2) is 12.3 Å². The van der Waals surface area contributed by atoms with E-state index in [4.69, 9.17) is 23.2 Å². The molecule has 13 heavy (non-hydrogen) atoms. The van der Waals surface area contributed by atoms with Gasteiger partial charge in [-0.05, 0) is 6.07 Å². The van der Waals surface area contributed by atoms with Crippen molar-refractivity contribution in [1.29, 1.82) is 0 Å². The number of rotatable bonds is 2. The molecular weight excluding hydrogens is 215 g/mol. The monoisotopic (exact) mass is 220 g/mol. The molecule has 1 aromatic rings. The standard InChI is InChI=1S/C7H6Cl2N2O2/c1-13-11-7(12)4-3-10-6(9)2-5(4)8/h2-3H,1H3,(H,11,12). The number of hydrogen-bond acceptors (Lipinski definition) is 3. The van der Waals surface area contributed by atoms with Gasteiger partial charge in [0, 0.05) is 6.20 Å². The lowest BCUT2D eigenvalue weighted by molar-refractivity contribution is 0.0537. The van der Waals surface area contributed by atoms with E-state index in [1.807, 2.05) is 0 Å². The summed E-state index contributed by atoms with van der Waals surface area (Å²) < 4.78 is 0. The molecule has 0 aliphatic heterocycles. The number of pyridine rings is 1. The van der Waals surface area contributed by atoms with Gasteiger partial charge in [-0.1, -0.05) is 23.2 Å². The molecular formula is C7H6Cl2N2O2. The maximum atomic E-state index is 11.2. The molecule has 6 heteroatoms. The van der Waals surface area contributed by atoms with Crippen LogP contribution in [-0.4, -0.2) is 18.0 Å². The van der Waals surface area contributed by atoms with Gasteiger partial charge in [0.2, 0.25) is 0 Å². The van der Waals surface area contributed by atoms with Crippen LogP contribution < -0.4 is 5.48 Å². The number of hydrogen-bond donors (Lipinski definition) is 1. The van der Waals surface area contributed by atoms with E-state index in [0.29, 0.717) is 0 Å². The van der Waals surface area contributed by atoms with E-state index < -0.39 is 5.91 Å². The Morgan fingerprint density at radius 1 is 1.62 bits per heavy atom. The predicted molar refractivity (Wildman–Crippen MR) is 48.7 cm³/mol. The van der Waals surface area contributed by atoms with Crippen molar-refractivity contribution in [3.8, 4) is 0 Å². The van der Waals surface area contributed by atoms with Crippen LogP contribution >= 0.6 is 23.2 Å². The van der Waals surface area contributed by atoms with Gasteiger partial charge in [-0.3, -0.25) is 9.63 Å². The molecule has 0 spiro atoms. The highest BCUT2D eigenvalue weighted by Gasteiger charge is 2.10. The lowest BCUT2D eigenvalue weighted by atomic mass is 10.3. The van der Waals surface area contributed by atoms with Crippen molar-refractivity contribution in [2.75, 3.05) is 7.11 Å². The molecule has 0 unspecified atom stereocenters. The number of halogens is 2. The summed E-state index contributed by atoms with van der Waals surface area (Å²) >= 11 is 11.3. The van der Waals surface area contributed by atoms with Gasteiger partial charge in [-0.15, -0.1) is 0 Å². The molecule has 0 aliphatic carbocycles. The van der Waals surface area contributed by atoms with Crippen molar-refractivity contribution < 1.29 is 9.63 Å². The third-order valence-corrected chi connectivity index (χ3v) is 1.78. The number of carbonyl (C=O) groups is 1. The summed E-state index contributed by atoms with van der Waals surface area (Å²) in [5.41, 5.74) is 2.33. The lowest BCUT2D eigenvalue weighted by Gasteiger charge is -2.03. The second kappa shape index (κ2) is 4.41. The maximum Gasteiger partial charge on any atom is 0.277 e. The zero-order valence-corrected chi connectivity index (χ0v) is 8.19. The van der Waals surface area contributed by atoms with E-state index in [-0.39, 0.29) is 15.7 Å². The van der Waals surface area contributed by atoms with Crippen LogP contribution in [0.4, 0.5) is 0 Å². The minimum absolute atomic E-state index is 0.216. The van der Waals surface area contributed by atoms with Crippen LogP contribution in [0.3, 0.4) is 0 Å². The Balaban J connectivity index is 2.95. The normalized spacial score (nSPS) is 9.77. The summed E-state index contributed by atoms with van der Waals surface area (Å²) in [4.78, 5) is 19.3. The molecule has 0 bridgehead atoms. The van der Waals surface area contributed by atoms with Gasteiger partial charge in [-0.2, -0.15) is 0 Å². The summed E-state index contributed by atoms with van der Waals surface area (Å²) in [5, 5.41) is 0.466. The highest BCUT2D eigenvalue weighted by Crippen LogP contribution is 2.18. The zero-order chi connectivity index (χ0) is 9.84. The minimum atomic E-state index is -0.461. The molecule has 1 rings (SSSR count). The van der Waals surface area contributed by atoms with Crippen LogP contribution in [0.1, 0.15) is 10.4 Å². The first-order valence-corrected chi connectivity index (χ1v) is 4.05. The van der Waals surface area contributed by atoms with E-state index >= 15 is 0 Å². The number of hydroxylamine groups is 1. The van der Waals surface area contributed by atoms with Crippen molar-refractivity contribution in [2.24, 2.45) is 0 Å². The van der Waals surface area contributed by atoms with E-state index in [1.165, 1.54) is 19.4 Å². The number of amides is 1. The summed E-state index contributed by atoms with van der Waals surface area (Å²) in [7, 11) is 1.33. The van der Waals surface area contributed by atoms with Crippen LogP contribution in [0.25, 0.3) is 0 Å². The molecule has 1 aromatic heterocycles. The molecule has 1 heterocycles. The maximum absolute atomic E-state index is 11.2. The summed E-state index contributed by atoms with van der Waals surface area (Å²) in [6.07, 6.45) is 1.28. The fourth-order valence-corrected chi connectivity index (χ4v) is 1.17.